The number of fused-ring (bicyclic) bond motifs is 1. The van der Waals surface area contributed by atoms with Crippen LogP contribution in [0, 0.1) is 0 Å². The number of aryl methyl sites for hydroxylation is 1. The summed E-state index contributed by atoms with van der Waals surface area (Å²) in [5, 5.41) is 14.0. The van der Waals surface area contributed by atoms with E-state index in [2.05, 4.69) is 47.4 Å². The van der Waals surface area contributed by atoms with Crippen molar-refractivity contribution in [1.29, 1.82) is 0 Å². The average molecular weight is 266 g/mol. The minimum atomic E-state index is 0.0543. The first-order valence-electron chi connectivity index (χ1n) is 6.75. The second-order valence-corrected chi connectivity index (χ2v) is 4.95. The lowest BCUT2D eigenvalue weighted by Gasteiger charge is -2.09. The van der Waals surface area contributed by atoms with E-state index in [4.69, 9.17) is 0 Å². The van der Waals surface area contributed by atoms with Gasteiger partial charge >= 0.3 is 0 Å². The third kappa shape index (κ3) is 2.28. The van der Waals surface area contributed by atoms with Crippen LogP contribution in [-0.4, -0.2) is 9.67 Å². The Morgan fingerprint density at radius 3 is 2.60 bits per heavy atom. The van der Waals surface area contributed by atoms with E-state index in [9.17, 15) is 5.11 Å². The number of nitrogens with zero attached hydrogens (tertiary/aromatic N) is 1. The van der Waals surface area contributed by atoms with Crippen molar-refractivity contribution in [2.24, 2.45) is 7.05 Å². The maximum Gasteiger partial charge on any atom is 0.0701 e. The number of aliphatic hydroxyl groups is 1. The second kappa shape index (κ2) is 5.39. The smallest absolute Gasteiger partial charge is 0.0701 e. The van der Waals surface area contributed by atoms with Gasteiger partial charge in [0, 0.05) is 41.9 Å². The maximum atomic E-state index is 9.35. The maximum absolute atomic E-state index is 9.35. The van der Waals surface area contributed by atoms with Crippen molar-refractivity contribution in [2.75, 3.05) is 5.32 Å². The monoisotopic (exact) mass is 266 g/mol. The molecule has 0 radical (unpaired) electrons. The number of hydrogen-bond acceptors (Lipinski definition) is 2. The first kappa shape index (κ1) is 12.8. The fourth-order valence-corrected chi connectivity index (χ4v) is 2.59. The molecule has 2 N–H and O–H groups in total. The molecule has 0 bridgehead atoms. The van der Waals surface area contributed by atoms with Gasteiger partial charge < -0.3 is 15.0 Å². The lowest BCUT2D eigenvalue weighted by molar-refractivity contribution is 0.282. The molecule has 0 aliphatic rings. The molecule has 0 spiro atoms. The van der Waals surface area contributed by atoms with Crippen LogP contribution in [0.2, 0.25) is 0 Å². The van der Waals surface area contributed by atoms with Crippen LogP contribution in [-0.2, 0) is 20.2 Å². The van der Waals surface area contributed by atoms with E-state index in [1.807, 2.05) is 24.3 Å². The van der Waals surface area contributed by atoms with Crippen LogP contribution in [0.3, 0.4) is 0 Å². The number of rotatable bonds is 4. The summed E-state index contributed by atoms with van der Waals surface area (Å²) in [6, 6.07) is 16.2. The second-order valence-electron chi connectivity index (χ2n) is 4.95. The summed E-state index contributed by atoms with van der Waals surface area (Å²) in [5.74, 6) is 0. The van der Waals surface area contributed by atoms with Crippen LogP contribution in [0.1, 0.15) is 11.1 Å². The molecule has 0 aliphatic carbocycles. The molecule has 0 saturated heterocycles. The summed E-state index contributed by atoms with van der Waals surface area (Å²) in [5.41, 5.74) is 4.41. The van der Waals surface area contributed by atoms with Crippen molar-refractivity contribution in [1.82, 2.24) is 4.57 Å². The highest BCUT2D eigenvalue weighted by Gasteiger charge is 2.06. The van der Waals surface area contributed by atoms with Crippen molar-refractivity contribution >= 4 is 16.6 Å². The normalized spacial score (nSPS) is 10.9. The molecule has 0 aliphatic heterocycles. The lowest BCUT2D eigenvalue weighted by Crippen LogP contribution is -2.02. The van der Waals surface area contributed by atoms with Gasteiger partial charge in [-0.05, 0) is 17.7 Å². The Balaban J connectivity index is 1.87. The van der Waals surface area contributed by atoms with Crippen LogP contribution in [0.15, 0.2) is 54.7 Å². The molecule has 20 heavy (non-hydrogen) atoms. The number of aromatic nitrogens is 1. The van der Waals surface area contributed by atoms with Crippen molar-refractivity contribution in [2.45, 2.75) is 13.2 Å². The molecule has 0 unspecified atom stereocenters. The van der Waals surface area contributed by atoms with Gasteiger partial charge in [-0.25, -0.2) is 0 Å². The van der Waals surface area contributed by atoms with Gasteiger partial charge in [0.2, 0.25) is 0 Å². The molecule has 3 nitrogen and oxygen atoms in total. The molecule has 3 rings (SSSR count). The van der Waals surface area contributed by atoms with Gasteiger partial charge in [0.05, 0.1) is 6.61 Å². The Labute approximate surface area is 118 Å². The van der Waals surface area contributed by atoms with Gasteiger partial charge in [-0.1, -0.05) is 36.4 Å². The minimum absolute atomic E-state index is 0.0543. The van der Waals surface area contributed by atoms with E-state index in [1.54, 1.807) is 0 Å². The number of para-hydroxylation sites is 2. The summed E-state index contributed by atoms with van der Waals surface area (Å²) < 4.78 is 2.14. The van der Waals surface area contributed by atoms with E-state index in [1.165, 1.54) is 16.5 Å². The molecule has 2 aromatic carbocycles. The number of nitrogens with one attached hydrogen (secondary N) is 1. The van der Waals surface area contributed by atoms with Crippen molar-refractivity contribution in [3.05, 3.63) is 65.9 Å². The van der Waals surface area contributed by atoms with Gasteiger partial charge in [0.1, 0.15) is 0 Å². The number of aliphatic hydroxyl groups excluding tert-OH is 1. The van der Waals surface area contributed by atoms with Gasteiger partial charge in [0.15, 0.2) is 0 Å². The van der Waals surface area contributed by atoms with Crippen LogP contribution in [0.5, 0.6) is 0 Å². The van der Waals surface area contributed by atoms with E-state index in [-0.39, 0.29) is 6.61 Å². The standard InChI is InChI=1S/C17H18N2O/c1-19-11-14(15-7-3-5-9-17(15)19)10-18-16-8-4-2-6-13(16)12-20/h2-9,11,18,20H,10,12H2,1H3. The Kier molecular flexibility index (Phi) is 3.44. The van der Waals surface area contributed by atoms with E-state index < -0.39 is 0 Å². The Morgan fingerprint density at radius 1 is 1.00 bits per heavy atom. The fourth-order valence-electron chi connectivity index (χ4n) is 2.59. The van der Waals surface area contributed by atoms with E-state index >= 15 is 0 Å². The minimum Gasteiger partial charge on any atom is -0.392 e. The zero-order valence-electron chi connectivity index (χ0n) is 11.5. The van der Waals surface area contributed by atoms with Crippen molar-refractivity contribution < 1.29 is 5.11 Å². The third-order valence-corrected chi connectivity index (χ3v) is 3.64. The summed E-state index contributed by atoms with van der Waals surface area (Å²) in [7, 11) is 2.06. The predicted molar refractivity (Wildman–Crippen MR) is 82.6 cm³/mol. The zero-order chi connectivity index (χ0) is 13.9. The van der Waals surface area contributed by atoms with Gasteiger partial charge in [-0.2, -0.15) is 0 Å². The first-order valence-corrected chi connectivity index (χ1v) is 6.75. The molecule has 102 valence electrons. The van der Waals surface area contributed by atoms with Crippen LogP contribution < -0.4 is 5.32 Å². The van der Waals surface area contributed by atoms with Crippen molar-refractivity contribution in [3.63, 3.8) is 0 Å². The molecule has 0 fully saturated rings. The molecule has 1 heterocycles. The number of hydrogen-bond donors (Lipinski definition) is 2. The van der Waals surface area contributed by atoms with Gasteiger partial charge in [0.25, 0.3) is 0 Å². The Morgan fingerprint density at radius 2 is 1.75 bits per heavy atom. The van der Waals surface area contributed by atoms with Crippen LogP contribution in [0.25, 0.3) is 10.9 Å². The van der Waals surface area contributed by atoms with Gasteiger partial charge in [-0.3, -0.25) is 0 Å². The molecule has 1 aromatic heterocycles. The highest BCUT2D eigenvalue weighted by atomic mass is 16.3. The molecular weight excluding hydrogens is 248 g/mol. The Bertz CT molecular complexity index is 731. The van der Waals surface area contributed by atoms with E-state index in [0.717, 1.165) is 17.8 Å². The third-order valence-electron chi connectivity index (χ3n) is 3.64. The summed E-state index contributed by atoms with van der Waals surface area (Å²) >= 11 is 0. The topological polar surface area (TPSA) is 37.2 Å². The SMILES string of the molecule is Cn1cc(CNc2ccccc2CO)c2ccccc21. The first-order chi connectivity index (χ1) is 9.79. The largest absolute Gasteiger partial charge is 0.392 e. The number of anilines is 1. The zero-order valence-corrected chi connectivity index (χ0v) is 11.5. The fraction of sp³-hybridized carbons (Fsp3) is 0.176. The highest BCUT2D eigenvalue weighted by molar-refractivity contribution is 5.84. The summed E-state index contributed by atoms with van der Waals surface area (Å²) in [6.07, 6.45) is 2.15. The highest BCUT2D eigenvalue weighted by Crippen LogP contribution is 2.22. The summed E-state index contributed by atoms with van der Waals surface area (Å²) in [6.45, 7) is 0.803. The van der Waals surface area contributed by atoms with Crippen LogP contribution >= 0.6 is 0 Å². The molecule has 0 atom stereocenters. The molecule has 3 heteroatoms. The van der Waals surface area contributed by atoms with Crippen molar-refractivity contribution in [3.8, 4) is 0 Å². The van der Waals surface area contributed by atoms with Crippen LogP contribution in [0.4, 0.5) is 5.69 Å². The number of benzene rings is 2. The summed E-state index contributed by atoms with van der Waals surface area (Å²) in [4.78, 5) is 0. The molecule has 0 amide bonds. The molecule has 0 saturated carbocycles. The van der Waals surface area contributed by atoms with E-state index in [0.29, 0.717) is 0 Å². The van der Waals surface area contributed by atoms with Gasteiger partial charge in [-0.15, -0.1) is 0 Å². The molecular formula is C17H18N2O. The molecule has 3 aromatic rings. The lowest BCUT2D eigenvalue weighted by atomic mass is 10.1. The predicted octanol–water partition coefficient (Wildman–Crippen LogP) is 3.28. The Hall–Kier alpha value is -2.26. The average Bonchev–Trinajstić information content (AvgIpc) is 2.82. The quantitative estimate of drug-likeness (QED) is 0.760.